The van der Waals surface area contributed by atoms with Crippen molar-refractivity contribution in [2.45, 2.75) is 51.6 Å². The molecule has 120 valence electrons. The van der Waals surface area contributed by atoms with E-state index in [0.717, 1.165) is 38.2 Å². The SMILES string of the molecule is CC(C)(C)OC(=O)N1CCCc2cc(C3CCNC3)ccc21. The molecular formula is C18H26N2O2. The maximum atomic E-state index is 12.4. The van der Waals surface area contributed by atoms with Crippen LogP contribution in [0.5, 0.6) is 0 Å². The van der Waals surface area contributed by atoms with Crippen LogP contribution >= 0.6 is 0 Å². The van der Waals surface area contributed by atoms with Gasteiger partial charge in [0.15, 0.2) is 0 Å². The van der Waals surface area contributed by atoms with Gasteiger partial charge >= 0.3 is 6.09 Å². The molecule has 1 N–H and O–H groups in total. The fourth-order valence-corrected chi connectivity index (χ4v) is 3.32. The summed E-state index contributed by atoms with van der Waals surface area (Å²) in [6.07, 6.45) is 3.01. The molecule has 0 bridgehead atoms. The van der Waals surface area contributed by atoms with Crippen LogP contribution in [0.4, 0.5) is 10.5 Å². The molecule has 0 spiro atoms. The van der Waals surface area contributed by atoms with Crippen molar-refractivity contribution in [1.82, 2.24) is 5.32 Å². The third-order valence-corrected chi connectivity index (χ3v) is 4.37. The zero-order valence-electron chi connectivity index (χ0n) is 13.8. The number of fused-ring (bicyclic) bond motifs is 1. The summed E-state index contributed by atoms with van der Waals surface area (Å²) >= 11 is 0. The minimum absolute atomic E-state index is 0.233. The number of rotatable bonds is 1. The molecule has 4 nitrogen and oxygen atoms in total. The Hall–Kier alpha value is -1.55. The Kier molecular flexibility index (Phi) is 4.13. The van der Waals surface area contributed by atoms with E-state index >= 15 is 0 Å². The van der Waals surface area contributed by atoms with Gasteiger partial charge in [-0.1, -0.05) is 12.1 Å². The number of hydrogen-bond acceptors (Lipinski definition) is 3. The Bertz CT molecular complexity index is 557. The summed E-state index contributed by atoms with van der Waals surface area (Å²) < 4.78 is 5.54. The predicted octanol–water partition coefficient (Wildman–Crippen LogP) is 3.45. The number of carbonyl (C=O) groups excluding carboxylic acids is 1. The van der Waals surface area contributed by atoms with Crippen LogP contribution in [0.25, 0.3) is 0 Å². The molecule has 1 unspecified atom stereocenters. The van der Waals surface area contributed by atoms with Crippen LogP contribution in [0, 0.1) is 0 Å². The summed E-state index contributed by atoms with van der Waals surface area (Å²) in [5, 5.41) is 3.42. The second-order valence-electron chi connectivity index (χ2n) is 7.31. The predicted molar refractivity (Wildman–Crippen MR) is 88.6 cm³/mol. The van der Waals surface area contributed by atoms with E-state index in [0.29, 0.717) is 5.92 Å². The first-order valence-corrected chi connectivity index (χ1v) is 8.28. The molecule has 2 aliphatic heterocycles. The summed E-state index contributed by atoms with van der Waals surface area (Å²) in [4.78, 5) is 14.2. The highest BCUT2D eigenvalue weighted by molar-refractivity contribution is 5.89. The third kappa shape index (κ3) is 3.27. The molecule has 0 aromatic heterocycles. The van der Waals surface area contributed by atoms with E-state index in [1.807, 2.05) is 20.8 Å². The van der Waals surface area contributed by atoms with Crippen LogP contribution in [0.1, 0.15) is 50.7 Å². The standard InChI is InChI=1S/C18H26N2O2/c1-18(2,3)22-17(21)20-10-4-5-14-11-13(6-7-16(14)20)15-8-9-19-12-15/h6-7,11,15,19H,4-5,8-10,12H2,1-3H3. The van der Waals surface area contributed by atoms with Crippen molar-refractivity contribution in [3.8, 4) is 0 Å². The summed E-state index contributed by atoms with van der Waals surface area (Å²) in [6.45, 7) is 8.64. The van der Waals surface area contributed by atoms with Gasteiger partial charge in [0.2, 0.25) is 0 Å². The minimum Gasteiger partial charge on any atom is -0.443 e. The van der Waals surface area contributed by atoms with Crippen molar-refractivity contribution in [2.24, 2.45) is 0 Å². The molecule has 1 fully saturated rings. The fourth-order valence-electron chi connectivity index (χ4n) is 3.32. The maximum absolute atomic E-state index is 12.4. The molecule has 1 amide bonds. The molecule has 22 heavy (non-hydrogen) atoms. The topological polar surface area (TPSA) is 41.6 Å². The lowest BCUT2D eigenvalue weighted by atomic mass is 9.92. The lowest BCUT2D eigenvalue weighted by molar-refractivity contribution is 0.0578. The fraction of sp³-hybridized carbons (Fsp3) is 0.611. The third-order valence-electron chi connectivity index (χ3n) is 4.37. The molecule has 1 atom stereocenters. The van der Waals surface area contributed by atoms with Crippen LogP contribution in [-0.4, -0.2) is 31.3 Å². The zero-order valence-corrected chi connectivity index (χ0v) is 13.8. The van der Waals surface area contributed by atoms with Crippen molar-refractivity contribution in [3.63, 3.8) is 0 Å². The van der Waals surface area contributed by atoms with E-state index in [1.165, 1.54) is 17.5 Å². The van der Waals surface area contributed by atoms with Crippen molar-refractivity contribution < 1.29 is 9.53 Å². The molecule has 4 heteroatoms. The number of carbonyl (C=O) groups is 1. The van der Waals surface area contributed by atoms with E-state index < -0.39 is 5.60 Å². The molecule has 0 aliphatic carbocycles. The first-order valence-electron chi connectivity index (χ1n) is 8.28. The number of amides is 1. The van der Waals surface area contributed by atoms with Gasteiger partial charge in [0.1, 0.15) is 5.60 Å². The summed E-state index contributed by atoms with van der Waals surface area (Å²) in [6, 6.07) is 6.58. The highest BCUT2D eigenvalue weighted by atomic mass is 16.6. The molecule has 2 aliphatic rings. The van der Waals surface area contributed by atoms with Crippen LogP contribution in [0.2, 0.25) is 0 Å². The summed E-state index contributed by atoms with van der Waals surface area (Å²) in [5.74, 6) is 0.613. The monoisotopic (exact) mass is 302 g/mol. The minimum atomic E-state index is -0.454. The van der Waals surface area contributed by atoms with Crippen LogP contribution in [0.3, 0.4) is 0 Å². The van der Waals surface area contributed by atoms with Crippen molar-refractivity contribution in [2.75, 3.05) is 24.5 Å². The van der Waals surface area contributed by atoms with Crippen molar-refractivity contribution in [1.29, 1.82) is 0 Å². The molecule has 1 aromatic rings. The van der Waals surface area contributed by atoms with Gasteiger partial charge in [0.25, 0.3) is 0 Å². The van der Waals surface area contributed by atoms with Gasteiger partial charge in [-0.3, -0.25) is 4.90 Å². The van der Waals surface area contributed by atoms with Gasteiger partial charge in [-0.25, -0.2) is 4.79 Å². The molecule has 0 saturated carbocycles. The zero-order chi connectivity index (χ0) is 15.7. The average molecular weight is 302 g/mol. The number of ether oxygens (including phenoxy) is 1. The quantitative estimate of drug-likeness (QED) is 0.864. The van der Waals surface area contributed by atoms with Crippen molar-refractivity contribution >= 4 is 11.8 Å². The molecule has 1 aromatic carbocycles. The van der Waals surface area contributed by atoms with E-state index in [9.17, 15) is 4.79 Å². The Morgan fingerprint density at radius 1 is 1.36 bits per heavy atom. The van der Waals surface area contributed by atoms with Crippen LogP contribution < -0.4 is 10.2 Å². The molecule has 2 heterocycles. The number of nitrogens with zero attached hydrogens (tertiary/aromatic N) is 1. The molecule has 3 rings (SSSR count). The maximum Gasteiger partial charge on any atom is 0.414 e. The number of anilines is 1. The number of hydrogen-bond donors (Lipinski definition) is 1. The van der Waals surface area contributed by atoms with E-state index in [2.05, 4.69) is 23.5 Å². The number of benzene rings is 1. The van der Waals surface area contributed by atoms with Crippen LogP contribution in [0.15, 0.2) is 18.2 Å². The number of aryl methyl sites for hydroxylation is 1. The smallest absolute Gasteiger partial charge is 0.414 e. The van der Waals surface area contributed by atoms with E-state index in [1.54, 1.807) is 4.90 Å². The van der Waals surface area contributed by atoms with Gasteiger partial charge < -0.3 is 10.1 Å². The van der Waals surface area contributed by atoms with Gasteiger partial charge in [-0.2, -0.15) is 0 Å². The number of nitrogens with one attached hydrogen (secondary N) is 1. The van der Waals surface area contributed by atoms with Gasteiger partial charge in [-0.15, -0.1) is 0 Å². The normalized spacial score (nSPS) is 21.6. The van der Waals surface area contributed by atoms with Crippen molar-refractivity contribution in [3.05, 3.63) is 29.3 Å². The summed E-state index contributed by atoms with van der Waals surface area (Å²) in [7, 11) is 0. The lowest BCUT2D eigenvalue weighted by Crippen LogP contribution is -2.39. The Labute approximate surface area is 132 Å². The Balaban J connectivity index is 1.82. The first-order chi connectivity index (χ1) is 10.4. The Morgan fingerprint density at radius 3 is 2.86 bits per heavy atom. The van der Waals surface area contributed by atoms with E-state index in [-0.39, 0.29) is 6.09 Å². The highest BCUT2D eigenvalue weighted by Crippen LogP contribution is 2.32. The first kappa shape index (κ1) is 15.3. The molecule has 1 saturated heterocycles. The lowest BCUT2D eigenvalue weighted by Gasteiger charge is -2.32. The second-order valence-corrected chi connectivity index (χ2v) is 7.31. The van der Waals surface area contributed by atoms with Gasteiger partial charge in [-0.05, 0) is 69.7 Å². The molecule has 0 radical (unpaired) electrons. The van der Waals surface area contributed by atoms with Crippen LogP contribution in [-0.2, 0) is 11.2 Å². The molecular weight excluding hydrogens is 276 g/mol. The van der Waals surface area contributed by atoms with E-state index in [4.69, 9.17) is 4.74 Å². The Morgan fingerprint density at radius 2 is 2.18 bits per heavy atom. The second kappa shape index (κ2) is 5.92. The average Bonchev–Trinajstić information content (AvgIpc) is 2.98. The van der Waals surface area contributed by atoms with Gasteiger partial charge in [0, 0.05) is 13.1 Å². The van der Waals surface area contributed by atoms with Gasteiger partial charge in [0.05, 0.1) is 5.69 Å². The highest BCUT2D eigenvalue weighted by Gasteiger charge is 2.28. The largest absolute Gasteiger partial charge is 0.443 e. The summed E-state index contributed by atoms with van der Waals surface area (Å²) in [5.41, 5.74) is 3.25.